The highest BCUT2D eigenvalue weighted by Gasteiger charge is 2.44. The van der Waals surface area contributed by atoms with Crippen LogP contribution >= 0.6 is 0 Å². The van der Waals surface area contributed by atoms with E-state index in [9.17, 15) is 9.59 Å². The maximum Gasteiger partial charge on any atom is 0.373 e. The van der Waals surface area contributed by atoms with Crippen molar-refractivity contribution in [2.45, 2.75) is 33.1 Å². The predicted octanol–water partition coefficient (Wildman–Crippen LogP) is 2.63. The van der Waals surface area contributed by atoms with Crippen LogP contribution in [0.3, 0.4) is 0 Å². The number of carbonyl (C=O) groups is 2. The van der Waals surface area contributed by atoms with Crippen molar-refractivity contribution in [3.8, 4) is 0 Å². The van der Waals surface area contributed by atoms with Crippen LogP contribution in [0.5, 0.6) is 0 Å². The fourth-order valence-electron chi connectivity index (χ4n) is 3.02. The molecule has 5 heteroatoms. The first-order chi connectivity index (χ1) is 10.7. The molecule has 23 heavy (non-hydrogen) atoms. The number of aryl methyl sites for hydroxylation is 2. The minimum Gasteiger partial charge on any atom is -0.490 e. The average molecular weight is 317 g/mol. The largest absolute Gasteiger partial charge is 0.490 e. The van der Waals surface area contributed by atoms with Crippen LogP contribution in [0.15, 0.2) is 23.5 Å². The molecule has 1 amide bonds. The van der Waals surface area contributed by atoms with E-state index >= 15 is 0 Å². The fraction of sp³-hybridized carbons (Fsp3) is 0.444. The molecule has 1 aliphatic rings. The van der Waals surface area contributed by atoms with Crippen molar-refractivity contribution >= 4 is 17.6 Å². The standard InChI is InChI=1S/C18H23NO4/c1-10-8-12-13(9-11(10)2)19(5)16(20)14(18(12,3)4)15(22-6)17(21)23-7/h8-9H,1-7H3/b15-14+. The number of carbonyl (C=O) groups excluding carboxylic acids is 2. The predicted molar refractivity (Wildman–Crippen MR) is 88.4 cm³/mol. The summed E-state index contributed by atoms with van der Waals surface area (Å²) in [6.07, 6.45) is 0. The SMILES string of the molecule is COC(=O)/C(OC)=C1/C(=O)N(C)c2cc(C)c(C)cc2C1(C)C. The molecule has 0 aliphatic carbocycles. The van der Waals surface area contributed by atoms with Gasteiger partial charge in [0.05, 0.1) is 19.8 Å². The van der Waals surface area contributed by atoms with Gasteiger partial charge in [-0.15, -0.1) is 0 Å². The highest BCUT2D eigenvalue weighted by molar-refractivity contribution is 6.13. The minimum atomic E-state index is -0.670. The molecular formula is C18H23NO4. The summed E-state index contributed by atoms with van der Waals surface area (Å²) in [5, 5.41) is 0. The average Bonchev–Trinajstić information content (AvgIpc) is 2.50. The van der Waals surface area contributed by atoms with E-state index in [-0.39, 0.29) is 11.7 Å². The summed E-state index contributed by atoms with van der Waals surface area (Å²) in [7, 11) is 4.35. The van der Waals surface area contributed by atoms with Crippen molar-refractivity contribution in [1.29, 1.82) is 0 Å². The topological polar surface area (TPSA) is 55.8 Å². The summed E-state index contributed by atoms with van der Waals surface area (Å²) in [5.41, 5.74) is 3.73. The van der Waals surface area contributed by atoms with Gasteiger partial charge in [0.1, 0.15) is 0 Å². The molecule has 0 unspecified atom stereocenters. The lowest BCUT2D eigenvalue weighted by atomic mass is 9.72. The van der Waals surface area contributed by atoms with Gasteiger partial charge in [-0.2, -0.15) is 0 Å². The van der Waals surface area contributed by atoms with Gasteiger partial charge in [0.15, 0.2) is 0 Å². The second kappa shape index (κ2) is 5.72. The van der Waals surface area contributed by atoms with Gasteiger partial charge in [0.25, 0.3) is 5.91 Å². The summed E-state index contributed by atoms with van der Waals surface area (Å²) >= 11 is 0. The molecular weight excluding hydrogens is 294 g/mol. The first-order valence-corrected chi connectivity index (χ1v) is 7.43. The molecule has 124 valence electrons. The van der Waals surface area contributed by atoms with E-state index in [0.29, 0.717) is 5.57 Å². The van der Waals surface area contributed by atoms with Gasteiger partial charge in [-0.25, -0.2) is 4.79 Å². The summed E-state index contributed by atoms with van der Waals surface area (Å²) in [5.74, 6) is -0.948. The molecule has 0 radical (unpaired) electrons. The van der Waals surface area contributed by atoms with E-state index in [1.54, 1.807) is 11.9 Å². The smallest absolute Gasteiger partial charge is 0.373 e. The van der Waals surface area contributed by atoms with Crippen molar-refractivity contribution < 1.29 is 19.1 Å². The number of rotatable bonds is 2. The number of anilines is 1. The zero-order valence-electron chi connectivity index (χ0n) is 14.7. The number of esters is 1. The number of hydrogen-bond donors (Lipinski definition) is 0. The van der Waals surface area contributed by atoms with Gasteiger partial charge < -0.3 is 14.4 Å². The Kier molecular flexibility index (Phi) is 4.24. The van der Waals surface area contributed by atoms with Gasteiger partial charge in [-0.1, -0.05) is 19.9 Å². The summed E-state index contributed by atoms with van der Waals surface area (Å²) in [6, 6.07) is 4.07. The number of fused-ring (bicyclic) bond motifs is 1. The second-order valence-electron chi connectivity index (χ2n) is 6.34. The lowest BCUT2D eigenvalue weighted by molar-refractivity contribution is -0.140. The lowest BCUT2D eigenvalue weighted by Gasteiger charge is -2.40. The van der Waals surface area contributed by atoms with Crippen LogP contribution in [-0.4, -0.2) is 33.1 Å². The maximum atomic E-state index is 12.9. The molecule has 0 saturated heterocycles. The molecule has 1 aromatic carbocycles. The first kappa shape index (κ1) is 17.1. The number of methoxy groups -OCH3 is 2. The molecule has 1 aliphatic heterocycles. The van der Waals surface area contributed by atoms with Crippen LogP contribution in [0, 0.1) is 13.8 Å². The van der Waals surface area contributed by atoms with Crippen LogP contribution in [0.25, 0.3) is 0 Å². The Balaban J connectivity index is 2.83. The van der Waals surface area contributed by atoms with Crippen molar-refractivity contribution in [3.63, 3.8) is 0 Å². The highest BCUT2D eigenvalue weighted by Crippen LogP contribution is 2.45. The molecule has 2 rings (SSSR count). The third kappa shape index (κ3) is 2.50. The van der Waals surface area contributed by atoms with E-state index in [0.717, 1.165) is 22.4 Å². The Morgan fingerprint density at radius 2 is 1.65 bits per heavy atom. The zero-order chi connectivity index (χ0) is 17.5. The van der Waals surface area contributed by atoms with Gasteiger partial charge in [-0.05, 0) is 36.6 Å². The highest BCUT2D eigenvalue weighted by atomic mass is 16.6. The van der Waals surface area contributed by atoms with E-state index in [1.807, 2.05) is 33.8 Å². The first-order valence-electron chi connectivity index (χ1n) is 7.43. The normalized spacial score (nSPS) is 18.4. The van der Waals surface area contributed by atoms with E-state index in [1.165, 1.54) is 14.2 Å². The Hall–Kier alpha value is -2.30. The van der Waals surface area contributed by atoms with Gasteiger partial charge in [0.2, 0.25) is 5.76 Å². The molecule has 0 N–H and O–H groups in total. The number of nitrogens with zero attached hydrogens (tertiary/aromatic N) is 1. The molecule has 1 heterocycles. The quantitative estimate of drug-likeness (QED) is 0.478. The molecule has 0 spiro atoms. The van der Waals surface area contributed by atoms with Gasteiger partial charge in [0, 0.05) is 18.2 Å². The van der Waals surface area contributed by atoms with Crippen LogP contribution in [0.4, 0.5) is 5.69 Å². The molecule has 0 fully saturated rings. The van der Waals surface area contributed by atoms with Crippen LogP contribution in [0.1, 0.15) is 30.5 Å². The van der Waals surface area contributed by atoms with Crippen molar-refractivity contribution in [1.82, 2.24) is 0 Å². The van der Waals surface area contributed by atoms with Gasteiger partial charge >= 0.3 is 5.97 Å². The zero-order valence-corrected chi connectivity index (χ0v) is 14.7. The van der Waals surface area contributed by atoms with Gasteiger partial charge in [-0.3, -0.25) is 4.79 Å². The Labute approximate surface area is 136 Å². The van der Waals surface area contributed by atoms with Crippen LogP contribution in [-0.2, 0) is 24.5 Å². The van der Waals surface area contributed by atoms with E-state index in [2.05, 4.69) is 6.07 Å². The molecule has 1 aromatic rings. The molecule has 0 saturated carbocycles. The second-order valence-corrected chi connectivity index (χ2v) is 6.34. The Morgan fingerprint density at radius 1 is 1.09 bits per heavy atom. The molecule has 0 atom stereocenters. The van der Waals surface area contributed by atoms with E-state index < -0.39 is 11.4 Å². The Bertz CT molecular complexity index is 716. The summed E-state index contributed by atoms with van der Waals surface area (Å²) < 4.78 is 10.00. The number of hydrogen-bond acceptors (Lipinski definition) is 4. The number of ether oxygens (including phenoxy) is 2. The van der Waals surface area contributed by atoms with Crippen molar-refractivity contribution in [2.24, 2.45) is 0 Å². The minimum absolute atomic E-state index is 0.0433. The maximum absolute atomic E-state index is 12.9. The Morgan fingerprint density at radius 3 is 2.17 bits per heavy atom. The summed E-state index contributed by atoms with van der Waals surface area (Å²) in [4.78, 5) is 26.5. The number of likely N-dealkylation sites (N-methyl/N-ethyl adjacent to an activating group) is 1. The molecule has 5 nitrogen and oxygen atoms in total. The monoisotopic (exact) mass is 317 g/mol. The van der Waals surface area contributed by atoms with Crippen molar-refractivity contribution in [2.75, 3.05) is 26.2 Å². The third-order valence-corrected chi connectivity index (χ3v) is 4.59. The molecule has 0 aromatic heterocycles. The van der Waals surface area contributed by atoms with Crippen LogP contribution < -0.4 is 4.90 Å². The number of amides is 1. The fourth-order valence-corrected chi connectivity index (χ4v) is 3.02. The number of benzene rings is 1. The van der Waals surface area contributed by atoms with Crippen LogP contribution in [0.2, 0.25) is 0 Å². The molecule has 0 bridgehead atoms. The summed E-state index contributed by atoms with van der Waals surface area (Å²) in [6.45, 7) is 7.88. The van der Waals surface area contributed by atoms with Crippen molar-refractivity contribution in [3.05, 3.63) is 40.2 Å². The lowest BCUT2D eigenvalue weighted by Crippen LogP contribution is -2.44. The van der Waals surface area contributed by atoms with E-state index in [4.69, 9.17) is 9.47 Å². The third-order valence-electron chi connectivity index (χ3n) is 4.59.